The molecule has 0 aliphatic heterocycles. The highest BCUT2D eigenvalue weighted by molar-refractivity contribution is 5.92. The van der Waals surface area contributed by atoms with Crippen molar-refractivity contribution in [3.63, 3.8) is 0 Å². The van der Waals surface area contributed by atoms with Crippen LogP contribution >= 0.6 is 0 Å². The molecule has 0 aromatic heterocycles. The molecule has 2 aromatic carbocycles. The zero-order valence-electron chi connectivity index (χ0n) is 11.2. The summed E-state index contributed by atoms with van der Waals surface area (Å²) in [6.45, 7) is 0. The van der Waals surface area contributed by atoms with Crippen LogP contribution < -0.4 is 0 Å². The van der Waals surface area contributed by atoms with Crippen LogP contribution in [0.3, 0.4) is 0 Å². The van der Waals surface area contributed by atoms with Crippen LogP contribution in [0.2, 0.25) is 0 Å². The monoisotopic (exact) mass is 295 g/mol. The summed E-state index contributed by atoms with van der Waals surface area (Å²) in [5.74, 6) is 0. The summed E-state index contributed by atoms with van der Waals surface area (Å²) in [4.78, 5) is 20.6. The molecule has 2 aromatic rings. The molecule has 0 N–H and O–H groups in total. The summed E-state index contributed by atoms with van der Waals surface area (Å²) in [6.07, 6.45) is 1.38. The summed E-state index contributed by atoms with van der Waals surface area (Å²) in [5, 5.41) is 31.0. The first-order valence-corrected chi connectivity index (χ1v) is 6.13. The van der Waals surface area contributed by atoms with Crippen molar-refractivity contribution in [3.05, 3.63) is 79.9 Å². The molecule has 0 atom stereocenters. The van der Waals surface area contributed by atoms with Crippen LogP contribution in [0.1, 0.15) is 11.1 Å². The summed E-state index contributed by atoms with van der Waals surface area (Å²) in [7, 11) is 0. The molecule has 7 nitrogen and oxygen atoms in total. The normalized spacial score (nSPS) is 10.8. The van der Waals surface area contributed by atoms with E-state index in [9.17, 15) is 25.5 Å². The van der Waals surface area contributed by atoms with Gasteiger partial charge in [0.1, 0.15) is 6.07 Å². The van der Waals surface area contributed by atoms with Gasteiger partial charge < -0.3 is 0 Å². The van der Waals surface area contributed by atoms with Gasteiger partial charge in [0, 0.05) is 18.2 Å². The number of nitro benzene ring substituents is 2. The number of non-ortho nitro benzene ring substituents is 1. The Labute approximate surface area is 125 Å². The number of nitrogens with zero attached hydrogens (tertiary/aromatic N) is 3. The minimum absolute atomic E-state index is 0.0628. The van der Waals surface area contributed by atoms with E-state index in [0.717, 1.165) is 0 Å². The minimum Gasteiger partial charge on any atom is -0.258 e. The Morgan fingerprint density at radius 3 is 2.41 bits per heavy atom. The smallest absolute Gasteiger partial charge is 0.258 e. The van der Waals surface area contributed by atoms with E-state index >= 15 is 0 Å². The zero-order valence-corrected chi connectivity index (χ0v) is 11.2. The van der Waals surface area contributed by atoms with Crippen molar-refractivity contribution in [2.45, 2.75) is 0 Å². The maximum absolute atomic E-state index is 11.0. The molecule has 0 aliphatic rings. The van der Waals surface area contributed by atoms with Gasteiger partial charge >= 0.3 is 0 Å². The number of nitriles is 1. The highest BCUT2D eigenvalue weighted by Gasteiger charge is 2.16. The molecule has 0 saturated heterocycles. The van der Waals surface area contributed by atoms with Crippen LogP contribution in [-0.4, -0.2) is 9.85 Å². The third-order valence-electron chi connectivity index (χ3n) is 2.90. The lowest BCUT2D eigenvalue weighted by Crippen LogP contribution is -1.94. The van der Waals surface area contributed by atoms with Crippen molar-refractivity contribution in [3.8, 4) is 6.07 Å². The number of benzene rings is 2. The number of nitro groups is 2. The molecule has 0 spiro atoms. The van der Waals surface area contributed by atoms with Crippen molar-refractivity contribution in [1.29, 1.82) is 5.26 Å². The molecule has 0 heterocycles. The van der Waals surface area contributed by atoms with Gasteiger partial charge in [-0.2, -0.15) is 5.26 Å². The highest BCUT2D eigenvalue weighted by Crippen LogP contribution is 2.27. The van der Waals surface area contributed by atoms with E-state index in [1.807, 2.05) is 6.07 Å². The molecule has 22 heavy (non-hydrogen) atoms. The average Bonchev–Trinajstić information content (AvgIpc) is 2.52. The van der Waals surface area contributed by atoms with Gasteiger partial charge in [-0.05, 0) is 17.7 Å². The molecule has 0 aliphatic carbocycles. The van der Waals surface area contributed by atoms with Gasteiger partial charge in [0.2, 0.25) is 0 Å². The minimum atomic E-state index is -0.575. The van der Waals surface area contributed by atoms with Crippen LogP contribution in [-0.2, 0) is 0 Å². The molecule has 0 amide bonds. The van der Waals surface area contributed by atoms with Crippen molar-refractivity contribution in [1.82, 2.24) is 0 Å². The van der Waals surface area contributed by atoms with Gasteiger partial charge in [-0.3, -0.25) is 20.2 Å². The molecule has 0 unspecified atom stereocenters. The molecule has 2 rings (SSSR count). The Kier molecular flexibility index (Phi) is 4.24. The molecule has 0 radical (unpaired) electrons. The Balaban J connectivity index is 2.54. The highest BCUT2D eigenvalue weighted by atomic mass is 16.6. The fraction of sp³-hybridized carbons (Fsp3) is 0. The van der Waals surface area contributed by atoms with Crippen LogP contribution in [0.15, 0.2) is 48.5 Å². The lowest BCUT2D eigenvalue weighted by molar-refractivity contribution is -0.385. The number of allylic oxidation sites excluding steroid dienone is 1. The van der Waals surface area contributed by atoms with E-state index in [4.69, 9.17) is 0 Å². The summed E-state index contributed by atoms with van der Waals surface area (Å²) in [5.41, 5.74) is 0.340. The van der Waals surface area contributed by atoms with Gasteiger partial charge in [-0.1, -0.05) is 24.3 Å². The van der Waals surface area contributed by atoms with E-state index in [1.54, 1.807) is 12.1 Å². The van der Waals surface area contributed by atoms with E-state index in [1.165, 1.54) is 42.5 Å². The van der Waals surface area contributed by atoms with Crippen LogP contribution in [0.25, 0.3) is 11.6 Å². The SMILES string of the molecule is N#CC(=Cc1cccc([N+](=O)[O-])c1)c1ccccc1[N+](=O)[O-]. The number of para-hydroxylation sites is 1. The maximum Gasteiger partial charge on any atom is 0.277 e. The van der Waals surface area contributed by atoms with Crippen molar-refractivity contribution in [2.75, 3.05) is 0 Å². The average molecular weight is 295 g/mol. The maximum atomic E-state index is 11.0. The number of hydrogen-bond donors (Lipinski definition) is 0. The second-order valence-electron chi connectivity index (χ2n) is 4.30. The van der Waals surface area contributed by atoms with Crippen LogP contribution in [0.4, 0.5) is 11.4 Å². The van der Waals surface area contributed by atoms with E-state index in [0.29, 0.717) is 5.56 Å². The molecule has 7 heteroatoms. The molecular weight excluding hydrogens is 286 g/mol. The van der Waals surface area contributed by atoms with Gasteiger partial charge in [0.15, 0.2) is 0 Å². The Bertz CT molecular complexity index is 822. The summed E-state index contributed by atoms with van der Waals surface area (Å²) < 4.78 is 0. The number of rotatable bonds is 4. The predicted octanol–water partition coefficient (Wildman–Crippen LogP) is 3.57. The van der Waals surface area contributed by atoms with E-state index in [2.05, 4.69) is 0 Å². The van der Waals surface area contributed by atoms with E-state index < -0.39 is 9.85 Å². The third kappa shape index (κ3) is 3.13. The summed E-state index contributed by atoms with van der Waals surface area (Å²) in [6, 6.07) is 13.4. The van der Waals surface area contributed by atoms with E-state index in [-0.39, 0.29) is 22.5 Å². The van der Waals surface area contributed by atoms with Crippen molar-refractivity contribution >= 4 is 23.0 Å². The second-order valence-corrected chi connectivity index (χ2v) is 4.30. The topological polar surface area (TPSA) is 110 Å². The molecule has 0 fully saturated rings. The lowest BCUT2D eigenvalue weighted by atomic mass is 10.0. The first-order valence-electron chi connectivity index (χ1n) is 6.13. The van der Waals surface area contributed by atoms with Gasteiger partial charge in [-0.25, -0.2) is 0 Å². The molecule has 0 saturated carbocycles. The Morgan fingerprint density at radius 1 is 1.05 bits per heavy atom. The van der Waals surface area contributed by atoms with Gasteiger partial charge in [-0.15, -0.1) is 0 Å². The third-order valence-corrected chi connectivity index (χ3v) is 2.90. The first kappa shape index (κ1) is 14.9. The van der Waals surface area contributed by atoms with Crippen LogP contribution in [0, 0.1) is 31.6 Å². The van der Waals surface area contributed by atoms with Gasteiger partial charge in [0.05, 0.1) is 21.0 Å². The summed E-state index contributed by atoms with van der Waals surface area (Å²) >= 11 is 0. The molecule has 0 bridgehead atoms. The fourth-order valence-corrected chi connectivity index (χ4v) is 1.93. The Morgan fingerprint density at radius 2 is 1.77 bits per heavy atom. The van der Waals surface area contributed by atoms with Crippen molar-refractivity contribution < 1.29 is 9.85 Å². The first-order chi connectivity index (χ1) is 10.5. The van der Waals surface area contributed by atoms with Crippen LogP contribution in [0.5, 0.6) is 0 Å². The molecule has 108 valence electrons. The lowest BCUT2D eigenvalue weighted by Gasteiger charge is -2.01. The van der Waals surface area contributed by atoms with Crippen molar-refractivity contribution in [2.24, 2.45) is 0 Å². The van der Waals surface area contributed by atoms with Gasteiger partial charge in [0.25, 0.3) is 11.4 Å². The zero-order chi connectivity index (χ0) is 16.1. The largest absolute Gasteiger partial charge is 0.277 e. The molecular formula is C15H9N3O4. The Hall–Kier alpha value is -3.53. The predicted molar refractivity (Wildman–Crippen MR) is 79.7 cm³/mol. The standard InChI is InChI=1S/C15H9N3O4/c16-10-12(14-6-1-2-7-15(14)18(21)22)8-11-4-3-5-13(9-11)17(19)20/h1-9H. The second kappa shape index (κ2) is 6.28. The quantitative estimate of drug-likeness (QED) is 0.370. The number of hydrogen-bond acceptors (Lipinski definition) is 5. The fourth-order valence-electron chi connectivity index (χ4n) is 1.93.